The second-order valence-electron chi connectivity index (χ2n) is 2.02. The van der Waals surface area contributed by atoms with Crippen LogP contribution in [0, 0.1) is 0 Å². The Morgan fingerprint density at radius 3 is 2.64 bits per heavy atom. The number of hydrogen-bond acceptors (Lipinski definition) is 1. The molecule has 0 aliphatic carbocycles. The summed E-state index contributed by atoms with van der Waals surface area (Å²) in [5.41, 5.74) is 0.421. The zero-order chi connectivity index (χ0) is 8.32. The Balaban J connectivity index is 2.63. The van der Waals surface area contributed by atoms with Crippen molar-refractivity contribution in [1.29, 1.82) is 0 Å². The van der Waals surface area contributed by atoms with Gasteiger partial charge >= 0.3 is 6.98 Å². The van der Waals surface area contributed by atoms with Gasteiger partial charge in [0.2, 0.25) is 0 Å². The van der Waals surface area contributed by atoms with E-state index in [1.165, 1.54) is 12.4 Å². The lowest BCUT2D eigenvalue weighted by molar-refractivity contribution is 0.499. The number of aromatic amines is 1. The van der Waals surface area contributed by atoms with Gasteiger partial charge in [-0.2, -0.15) is 5.10 Å². The molecule has 0 radical (unpaired) electrons. The second-order valence-corrected chi connectivity index (χ2v) is 2.02. The van der Waals surface area contributed by atoms with Crippen LogP contribution in [0.25, 0.3) is 6.08 Å². The molecule has 1 aromatic heterocycles. The Bertz CT molecular complexity index is 239. The Morgan fingerprint density at radius 1 is 1.45 bits per heavy atom. The normalized spacial score (nSPS) is 12.6. The number of rotatable bonds is 2. The van der Waals surface area contributed by atoms with E-state index in [2.05, 4.69) is 10.2 Å². The third-order valence-corrected chi connectivity index (χ3v) is 1.03. The molecule has 6 heteroatoms. The van der Waals surface area contributed by atoms with E-state index in [4.69, 9.17) is 0 Å². The van der Waals surface area contributed by atoms with Gasteiger partial charge in [0, 0.05) is 11.8 Å². The smallest absolute Gasteiger partial charge is 0.445 e. The highest BCUT2D eigenvalue weighted by molar-refractivity contribution is 6.64. The number of aromatic nitrogens is 2. The highest BCUT2D eigenvalue weighted by Gasteiger charge is 2.16. The van der Waals surface area contributed by atoms with Crippen molar-refractivity contribution in [2.24, 2.45) is 0 Å². The third-order valence-electron chi connectivity index (χ3n) is 1.03. The molecular formula is C5H5BF3N2-. The Kier molecular flexibility index (Phi) is 2.02. The van der Waals surface area contributed by atoms with Gasteiger partial charge in [0.1, 0.15) is 0 Å². The zero-order valence-electron chi connectivity index (χ0n) is 5.47. The number of hydrogen-bond donors (Lipinski definition) is 1. The lowest BCUT2D eigenvalue weighted by atomic mass is 9.91. The van der Waals surface area contributed by atoms with Gasteiger partial charge in [-0.3, -0.25) is 5.10 Å². The minimum atomic E-state index is -4.83. The fourth-order valence-electron chi connectivity index (χ4n) is 0.572. The minimum absolute atomic E-state index is 0.227. The number of nitrogens with zero attached hydrogens (tertiary/aromatic N) is 1. The molecule has 2 nitrogen and oxygen atoms in total. The summed E-state index contributed by atoms with van der Waals surface area (Å²) in [6.07, 6.45) is 3.68. The third kappa shape index (κ3) is 2.93. The average Bonchev–Trinajstić information content (AvgIpc) is 2.32. The molecule has 0 unspecified atom stereocenters. The molecule has 0 amide bonds. The van der Waals surface area contributed by atoms with Crippen LogP contribution in [-0.4, -0.2) is 17.2 Å². The van der Waals surface area contributed by atoms with E-state index in [1.54, 1.807) is 0 Å². The molecule has 0 aromatic carbocycles. The lowest BCUT2D eigenvalue weighted by Gasteiger charge is -2.04. The first-order valence-corrected chi connectivity index (χ1v) is 2.96. The largest absolute Gasteiger partial charge is 0.502 e. The maximum Gasteiger partial charge on any atom is 0.502 e. The van der Waals surface area contributed by atoms with Crippen molar-refractivity contribution in [1.82, 2.24) is 10.2 Å². The van der Waals surface area contributed by atoms with Crippen molar-refractivity contribution in [3.8, 4) is 0 Å². The van der Waals surface area contributed by atoms with E-state index in [-0.39, 0.29) is 5.98 Å². The van der Waals surface area contributed by atoms with Crippen molar-refractivity contribution in [3.05, 3.63) is 23.9 Å². The molecule has 1 N–H and O–H groups in total. The van der Waals surface area contributed by atoms with Gasteiger partial charge in [-0.25, -0.2) is 0 Å². The summed E-state index contributed by atoms with van der Waals surface area (Å²) >= 11 is 0. The monoisotopic (exact) mass is 161 g/mol. The predicted molar refractivity (Wildman–Crippen MR) is 36.7 cm³/mol. The number of halogens is 3. The van der Waals surface area contributed by atoms with Gasteiger partial charge in [0.15, 0.2) is 0 Å². The van der Waals surface area contributed by atoms with E-state index < -0.39 is 6.98 Å². The van der Waals surface area contributed by atoms with Crippen molar-refractivity contribution in [2.45, 2.75) is 0 Å². The summed E-state index contributed by atoms with van der Waals surface area (Å²) in [4.78, 5) is 0. The van der Waals surface area contributed by atoms with Crippen LogP contribution in [0.2, 0.25) is 0 Å². The Morgan fingerprint density at radius 2 is 2.18 bits per heavy atom. The first kappa shape index (κ1) is 7.91. The van der Waals surface area contributed by atoms with Crippen LogP contribution in [0.5, 0.6) is 0 Å². The molecule has 0 saturated heterocycles. The quantitative estimate of drug-likeness (QED) is 0.658. The van der Waals surface area contributed by atoms with E-state index in [0.717, 1.165) is 6.08 Å². The fraction of sp³-hybridized carbons (Fsp3) is 0. The van der Waals surface area contributed by atoms with Gasteiger partial charge in [0.05, 0.1) is 6.20 Å². The van der Waals surface area contributed by atoms with Crippen molar-refractivity contribution >= 4 is 13.1 Å². The fourth-order valence-corrected chi connectivity index (χ4v) is 0.572. The molecule has 1 rings (SSSR count). The van der Waals surface area contributed by atoms with Crippen molar-refractivity contribution in [3.63, 3.8) is 0 Å². The van der Waals surface area contributed by atoms with Crippen LogP contribution in [0.3, 0.4) is 0 Å². The summed E-state index contributed by atoms with van der Waals surface area (Å²) in [5, 5.41) is 5.89. The van der Waals surface area contributed by atoms with Crippen molar-refractivity contribution < 1.29 is 12.9 Å². The summed E-state index contributed by atoms with van der Waals surface area (Å²) in [6.45, 7) is -4.83. The van der Waals surface area contributed by atoms with Crippen LogP contribution in [0.15, 0.2) is 18.4 Å². The van der Waals surface area contributed by atoms with Crippen LogP contribution >= 0.6 is 0 Å². The molecule has 11 heavy (non-hydrogen) atoms. The van der Waals surface area contributed by atoms with E-state index in [1.807, 2.05) is 0 Å². The summed E-state index contributed by atoms with van der Waals surface area (Å²) in [7, 11) is 0. The molecule has 1 aromatic rings. The van der Waals surface area contributed by atoms with Gasteiger partial charge in [-0.15, -0.1) is 5.98 Å². The highest BCUT2D eigenvalue weighted by atomic mass is 19.4. The molecule has 0 atom stereocenters. The average molecular weight is 161 g/mol. The minimum Gasteiger partial charge on any atom is -0.445 e. The van der Waals surface area contributed by atoms with Gasteiger partial charge in [-0.1, -0.05) is 6.08 Å². The molecule has 0 fully saturated rings. The first-order valence-electron chi connectivity index (χ1n) is 2.96. The molecule has 60 valence electrons. The van der Waals surface area contributed by atoms with Gasteiger partial charge in [-0.05, 0) is 0 Å². The SMILES string of the molecule is F[B-](F)(F)/C=C/c1cn[nH]c1. The lowest BCUT2D eigenvalue weighted by Crippen LogP contribution is -2.09. The maximum atomic E-state index is 11.6. The van der Waals surface area contributed by atoms with E-state index >= 15 is 0 Å². The molecular weight excluding hydrogens is 156 g/mol. The second kappa shape index (κ2) is 2.81. The Labute approximate surface area is 61.2 Å². The first-order chi connectivity index (χ1) is 5.08. The van der Waals surface area contributed by atoms with Crippen LogP contribution in [0.1, 0.15) is 5.56 Å². The Hall–Kier alpha value is -1.20. The highest BCUT2D eigenvalue weighted by Crippen LogP contribution is 2.11. The molecule has 0 aliphatic rings. The predicted octanol–water partition coefficient (Wildman–Crippen LogP) is 1.81. The maximum absolute atomic E-state index is 11.6. The summed E-state index contributed by atoms with van der Waals surface area (Å²) in [6, 6.07) is 0. The zero-order valence-corrected chi connectivity index (χ0v) is 5.47. The van der Waals surface area contributed by atoms with Crippen molar-refractivity contribution in [2.75, 3.05) is 0 Å². The number of H-pyrrole nitrogens is 1. The van der Waals surface area contributed by atoms with Gasteiger partial charge < -0.3 is 12.9 Å². The van der Waals surface area contributed by atoms with Crippen LogP contribution in [-0.2, 0) is 0 Å². The standard InChI is InChI=1S/C5H5BF3N2/c7-6(8,9)2-1-5-3-10-11-4-5/h1-4H,(H,10,11)/q-1/b2-1+. The van der Waals surface area contributed by atoms with Crippen LogP contribution < -0.4 is 0 Å². The number of nitrogens with one attached hydrogen (secondary N) is 1. The molecule has 0 aliphatic heterocycles. The topological polar surface area (TPSA) is 28.7 Å². The summed E-state index contributed by atoms with van der Waals surface area (Å²) < 4.78 is 34.8. The molecule has 0 spiro atoms. The molecule has 1 heterocycles. The van der Waals surface area contributed by atoms with Gasteiger partial charge in [0.25, 0.3) is 0 Å². The van der Waals surface area contributed by atoms with E-state index in [9.17, 15) is 12.9 Å². The molecule has 0 saturated carbocycles. The van der Waals surface area contributed by atoms with Crippen LogP contribution in [0.4, 0.5) is 12.9 Å². The summed E-state index contributed by atoms with van der Waals surface area (Å²) in [5.74, 6) is 0.227. The van der Waals surface area contributed by atoms with E-state index in [0.29, 0.717) is 5.56 Å². The molecule has 0 bridgehead atoms.